The molecule has 168 valence electrons. The number of cyclic esters (lactones) is 1. The first kappa shape index (κ1) is 20.3. The van der Waals surface area contributed by atoms with E-state index in [1.807, 2.05) is 41.0 Å². The first-order valence-electron chi connectivity index (χ1n) is 10.8. The van der Waals surface area contributed by atoms with Crippen LogP contribution in [0.1, 0.15) is 11.6 Å². The third-order valence-corrected chi connectivity index (χ3v) is 7.32. The summed E-state index contributed by atoms with van der Waals surface area (Å²) < 4.78 is 7.37. The van der Waals surface area contributed by atoms with E-state index in [-0.39, 0.29) is 23.6 Å². The smallest absolute Gasteiger partial charge is 0.414 e. The zero-order valence-electron chi connectivity index (χ0n) is 17.6. The summed E-state index contributed by atoms with van der Waals surface area (Å²) in [5.41, 5.74) is 4.18. The van der Waals surface area contributed by atoms with Gasteiger partial charge in [0.1, 0.15) is 6.10 Å². The highest BCUT2D eigenvalue weighted by Crippen LogP contribution is 2.35. The molecule has 1 fully saturated rings. The van der Waals surface area contributed by atoms with E-state index in [4.69, 9.17) is 4.74 Å². The number of carbonyl (C=O) groups is 2. The van der Waals surface area contributed by atoms with Gasteiger partial charge in [-0.15, -0.1) is 11.8 Å². The molecular weight excluding hydrogens is 442 g/mol. The molecule has 2 atom stereocenters. The molecular formula is C23H21N5O4S. The Morgan fingerprint density at radius 2 is 2.09 bits per heavy atom. The van der Waals surface area contributed by atoms with Gasteiger partial charge in [0.25, 0.3) is 5.56 Å². The first-order valence-corrected chi connectivity index (χ1v) is 11.8. The summed E-state index contributed by atoms with van der Waals surface area (Å²) in [5, 5.41) is 6.23. The molecule has 2 amide bonds. The molecule has 4 heterocycles. The maximum absolute atomic E-state index is 12.5. The molecule has 3 aliphatic heterocycles. The number of hydrogen-bond acceptors (Lipinski definition) is 7. The average molecular weight is 464 g/mol. The second kappa shape index (κ2) is 7.89. The Kier molecular flexibility index (Phi) is 4.84. The summed E-state index contributed by atoms with van der Waals surface area (Å²) in [4.78, 5) is 43.5. The van der Waals surface area contributed by atoms with E-state index in [9.17, 15) is 14.4 Å². The number of rotatable bonds is 5. The predicted octanol–water partition coefficient (Wildman–Crippen LogP) is 2.15. The number of para-hydroxylation sites is 1. The number of thioether (sulfide) groups is 1. The van der Waals surface area contributed by atoms with Crippen LogP contribution in [0.4, 0.5) is 16.2 Å². The van der Waals surface area contributed by atoms with E-state index in [1.165, 1.54) is 18.0 Å². The largest absolute Gasteiger partial charge is 0.443 e. The molecule has 3 aliphatic rings. The molecule has 0 radical (unpaired) electrons. The van der Waals surface area contributed by atoms with Crippen molar-refractivity contribution in [2.75, 3.05) is 35.6 Å². The Morgan fingerprint density at radius 1 is 1.18 bits per heavy atom. The van der Waals surface area contributed by atoms with Crippen LogP contribution in [0, 0.1) is 0 Å². The Balaban J connectivity index is 1.11. The van der Waals surface area contributed by atoms with Crippen LogP contribution in [0.5, 0.6) is 0 Å². The summed E-state index contributed by atoms with van der Waals surface area (Å²) in [5.74, 6) is 0.352. The summed E-state index contributed by atoms with van der Waals surface area (Å²) in [6, 6.07) is 11.5. The van der Waals surface area contributed by atoms with Gasteiger partial charge in [0.15, 0.2) is 0 Å². The quantitative estimate of drug-likeness (QED) is 0.597. The Bertz CT molecular complexity index is 1360. The molecule has 9 nitrogen and oxygen atoms in total. The number of fused-ring (bicyclic) bond motifs is 1. The van der Waals surface area contributed by atoms with Crippen molar-refractivity contribution in [1.82, 2.24) is 14.9 Å². The highest BCUT2D eigenvalue weighted by atomic mass is 32.2. The number of benzene rings is 2. The van der Waals surface area contributed by atoms with Crippen LogP contribution in [-0.2, 0) is 16.0 Å². The number of hydrogen-bond donors (Lipinski definition) is 2. The van der Waals surface area contributed by atoms with Crippen molar-refractivity contribution < 1.29 is 14.3 Å². The minimum absolute atomic E-state index is 0.00429. The van der Waals surface area contributed by atoms with Gasteiger partial charge in [-0.2, -0.15) is 0 Å². The van der Waals surface area contributed by atoms with Crippen LogP contribution in [0.3, 0.4) is 0 Å². The molecule has 2 aromatic carbocycles. The van der Waals surface area contributed by atoms with Gasteiger partial charge in [-0.1, -0.05) is 12.1 Å². The summed E-state index contributed by atoms with van der Waals surface area (Å²) in [6.45, 7) is 1.48. The predicted molar refractivity (Wildman–Crippen MR) is 125 cm³/mol. The molecule has 3 aromatic rings. The minimum Gasteiger partial charge on any atom is -0.443 e. The second-order valence-electron chi connectivity index (χ2n) is 8.40. The molecule has 2 N–H and O–H groups in total. The maximum atomic E-state index is 12.5. The van der Waals surface area contributed by atoms with Crippen molar-refractivity contribution in [3.63, 3.8) is 0 Å². The monoisotopic (exact) mass is 463 g/mol. The van der Waals surface area contributed by atoms with E-state index in [2.05, 4.69) is 15.6 Å². The lowest BCUT2D eigenvalue weighted by molar-refractivity contribution is -0.113. The molecule has 0 spiro atoms. The fourth-order valence-electron chi connectivity index (χ4n) is 4.78. The van der Waals surface area contributed by atoms with Gasteiger partial charge >= 0.3 is 6.09 Å². The van der Waals surface area contributed by atoms with Gasteiger partial charge in [-0.3, -0.25) is 14.5 Å². The Hall–Kier alpha value is -3.37. The maximum Gasteiger partial charge on any atom is 0.414 e. The standard InChI is InChI=1S/C23H21N5O4S/c29-20-12-33-19-5-4-14(7-18(19)26-20)27-11-16(32-23(27)31)9-24-8-15-6-13-2-1-3-17-22(13)28(15)21(30)10-25-17/h1-5,7,10,15-16,24H,6,8-9,11-12H2,(H,26,29)/t15-,16+/m0/s1. The number of ether oxygens (including phenoxy) is 1. The fraction of sp³-hybridized carbons (Fsp3) is 0.304. The van der Waals surface area contributed by atoms with E-state index < -0.39 is 6.09 Å². The normalized spacial score (nSPS) is 21.3. The van der Waals surface area contributed by atoms with Crippen molar-refractivity contribution in [3.8, 4) is 0 Å². The number of nitrogens with zero attached hydrogens (tertiary/aromatic N) is 3. The third-order valence-electron chi connectivity index (χ3n) is 6.25. The second-order valence-corrected chi connectivity index (χ2v) is 9.42. The Labute approximate surface area is 193 Å². The van der Waals surface area contributed by atoms with Crippen LogP contribution >= 0.6 is 11.8 Å². The first-order chi connectivity index (χ1) is 16.1. The topological polar surface area (TPSA) is 106 Å². The molecule has 0 unspecified atom stereocenters. The van der Waals surface area contributed by atoms with Crippen molar-refractivity contribution in [2.24, 2.45) is 0 Å². The molecule has 0 saturated carbocycles. The van der Waals surface area contributed by atoms with E-state index in [1.54, 1.807) is 4.90 Å². The number of anilines is 2. The highest BCUT2D eigenvalue weighted by molar-refractivity contribution is 8.00. The van der Waals surface area contributed by atoms with Gasteiger partial charge < -0.3 is 19.9 Å². The van der Waals surface area contributed by atoms with Crippen molar-refractivity contribution in [1.29, 1.82) is 0 Å². The van der Waals surface area contributed by atoms with E-state index >= 15 is 0 Å². The Morgan fingerprint density at radius 3 is 3.00 bits per heavy atom. The zero-order valence-corrected chi connectivity index (χ0v) is 18.4. The molecule has 0 aliphatic carbocycles. The third kappa shape index (κ3) is 3.55. The van der Waals surface area contributed by atoms with Crippen LogP contribution < -0.4 is 21.1 Å². The van der Waals surface area contributed by atoms with Gasteiger partial charge in [-0.25, -0.2) is 9.78 Å². The highest BCUT2D eigenvalue weighted by Gasteiger charge is 2.33. The molecule has 6 rings (SSSR count). The minimum atomic E-state index is -0.406. The summed E-state index contributed by atoms with van der Waals surface area (Å²) in [6.07, 6.45) is 1.42. The van der Waals surface area contributed by atoms with Crippen molar-refractivity contribution >= 4 is 46.2 Å². The van der Waals surface area contributed by atoms with Gasteiger partial charge in [0.05, 0.1) is 41.3 Å². The molecule has 0 bridgehead atoms. The summed E-state index contributed by atoms with van der Waals surface area (Å²) in [7, 11) is 0. The summed E-state index contributed by atoms with van der Waals surface area (Å²) >= 11 is 1.48. The lowest BCUT2D eigenvalue weighted by Crippen LogP contribution is -2.36. The molecule has 1 aromatic heterocycles. The number of carbonyl (C=O) groups excluding carboxylic acids is 2. The molecule has 1 saturated heterocycles. The molecule has 10 heteroatoms. The fourth-order valence-corrected chi connectivity index (χ4v) is 5.57. The van der Waals surface area contributed by atoms with Gasteiger partial charge in [0.2, 0.25) is 5.91 Å². The van der Waals surface area contributed by atoms with Crippen LogP contribution in [0.25, 0.3) is 11.0 Å². The van der Waals surface area contributed by atoms with Crippen molar-refractivity contribution in [3.05, 3.63) is 58.5 Å². The lowest BCUT2D eigenvalue weighted by atomic mass is 10.1. The number of aromatic nitrogens is 2. The van der Waals surface area contributed by atoms with Gasteiger partial charge in [0, 0.05) is 23.7 Å². The van der Waals surface area contributed by atoms with Crippen LogP contribution in [-0.4, -0.2) is 53.0 Å². The van der Waals surface area contributed by atoms with Crippen molar-refractivity contribution in [2.45, 2.75) is 23.5 Å². The average Bonchev–Trinajstić information content (AvgIpc) is 3.37. The van der Waals surface area contributed by atoms with Gasteiger partial charge in [-0.05, 0) is 36.2 Å². The van der Waals surface area contributed by atoms with E-state index in [0.717, 1.165) is 33.6 Å². The SMILES string of the molecule is O=C1CSc2ccc(N3C[C@@H](CNC[C@@H]4Cc5cccc6ncc(=O)n4c56)OC3=O)cc2N1. The van der Waals surface area contributed by atoms with E-state index in [0.29, 0.717) is 31.1 Å². The molecule has 33 heavy (non-hydrogen) atoms. The van der Waals surface area contributed by atoms with Crippen LogP contribution in [0.2, 0.25) is 0 Å². The lowest BCUT2D eigenvalue weighted by Gasteiger charge is -2.20. The number of nitrogens with one attached hydrogen (secondary N) is 2. The number of amides is 2. The van der Waals surface area contributed by atoms with Crippen LogP contribution in [0.15, 0.2) is 52.3 Å². The zero-order chi connectivity index (χ0) is 22.5.